The number of morpholine rings is 1. The second-order valence-corrected chi connectivity index (χ2v) is 9.32. The van der Waals surface area contributed by atoms with Crippen molar-refractivity contribution >= 4 is 5.97 Å². The maximum Gasteiger partial charge on any atom is 0.312 e. The molecule has 0 unspecified atom stereocenters. The predicted octanol–water partition coefficient (Wildman–Crippen LogP) is 6.45. The van der Waals surface area contributed by atoms with E-state index >= 15 is 0 Å². The maximum absolute atomic E-state index is 12.8. The monoisotopic (exact) mass is 470 g/mol. The molecule has 1 saturated heterocycles. The Labute approximate surface area is 207 Å². The van der Waals surface area contributed by atoms with E-state index < -0.39 is 0 Å². The van der Waals surface area contributed by atoms with E-state index in [-0.39, 0.29) is 5.97 Å². The van der Waals surface area contributed by atoms with Gasteiger partial charge in [-0.3, -0.25) is 4.79 Å². The predicted molar refractivity (Wildman–Crippen MR) is 139 cm³/mol. The topological polar surface area (TPSA) is 48.0 Å². The lowest BCUT2D eigenvalue weighted by Gasteiger charge is -2.36. The van der Waals surface area contributed by atoms with E-state index in [0.717, 1.165) is 49.1 Å². The molecule has 190 valence electrons. The molecule has 1 aliphatic rings. The molecule has 1 heterocycles. The molecule has 0 aliphatic carbocycles. The first-order chi connectivity index (χ1) is 16.4. The number of carbonyl (C=O) groups excluding carboxylic acids is 1. The lowest BCUT2D eigenvalue weighted by atomic mass is 10.00. The minimum Gasteiger partial charge on any atom is -0.496 e. The van der Waals surface area contributed by atoms with Crippen LogP contribution in [-0.2, 0) is 22.4 Å². The highest BCUT2D eigenvalue weighted by Crippen LogP contribution is 2.33. The Bertz CT molecular complexity index is 818. The number of rotatable bonds is 14. The number of allylic oxidation sites excluding steroid dienone is 4. The summed E-state index contributed by atoms with van der Waals surface area (Å²) in [7, 11) is 1.69. The zero-order valence-electron chi connectivity index (χ0n) is 22.0. The minimum atomic E-state index is -0.210. The average Bonchev–Trinajstić information content (AvgIpc) is 2.82. The first kappa shape index (κ1) is 28.1. The van der Waals surface area contributed by atoms with E-state index in [4.69, 9.17) is 14.2 Å². The summed E-state index contributed by atoms with van der Waals surface area (Å²) in [5, 5.41) is 0. The van der Waals surface area contributed by atoms with Crippen molar-refractivity contribution in [1.82, 2.24) is 4.90 Å². The first-order valence-electron chi connectivity index (χ1n) is 12.8. The van der Waals surface area contributed by atoms with Gasteiger partial charge in [-0.2, -0.15) is 0 Å². The second-order valence-electron chi connectivity index (χ2n) is 9.32. The van der Waals surface area contributed by atoms with Crippen molar-refractivity contribution in [1.29, 1.82) is 0 Å². The highest BCUT2D eigenvalue weighted by atomic mass is 16.5. The van der Waals surface area contributed by atoms with Gasteiger partial charge < -0.3 is 19.1 Å². The van der Waals surface area contributed by atoms with Crippen molar-refractivity contribution in [2.24, 2.45) is 0 Å². The van der Waals surface area contributed by atoms with Crippen molar-refractivity contribution in [3.8, 4) is 11.5 Å². The summed E-state index contributed by atoms with van der Waals surface area (Å²) < 4.78 is 17.0. The van der Waals surface area contributed by atoms with Gasteiger partial charge in [0.05, 0.1) is 20.1 Å². The van der Waals surface area contributed by atoms with E-state index in [0.29, 0.717) is 38.3 Å². The number of esters is 1. The summed E-state index contributed by atoms with van der Waals surface area (Å²) in [4.78, 5) is 14.9. The number of ether oxygens (including phenoxy) is 3. The first-order valence-corrected chi connectivity index (χ1v) is 12.8. The van der Waals surface area contributed by atoms with Gasteiger partial charge in [-0.1, -0.05) is 49.7 Å². The van der Waals surface area contributed by atoms with Gasteiger partial charge in [-0.25, -0.2) is 6.54 Å². The number of aryl methyl sites for hydroxylation is 1. The second kappa shape index (κ2) is 15.7. The van der Waals surface area contributed by atoms with Crippen molar-refractivity contribution in [3.63, 3.8) is 0 Å². The van der Waals surface area contributed by atoms with Crippen molar-refractivity contribution in [3.05, 3.63) is 53.1 Å². The molecule has 1 fully saturated rings. The van der Waals surface area contributed by atoms with Crippen LogP contribution in [0.25, 0.3) is 0 Å². The Kier molecular flexibility index (Phi) is 13.0. The highest BCUT2D eigenvalue weighted by molar-refractivity contribution is 5.73. The van der Waals surface area contributed by atoms with Crippen molar-refractivity contribution in [2.75, 3.05) is 33.4 Å². The number of unbranched alkanes of at least 4 members (excludes halogenated alkanes) is 2. The lowest BCUT2D eigenvalue weighted by Crippen LogP contribution is -2.34. The summed E-state index contributed by atoms with van der Waals surface area (Å²) in [5.74, 6) is 1.22. The van der Waals surface area contributed by atoms with Crippen LogP contribution in [0.15, 0.2) is 35.4 Å². The zero-order chi connectivity index (χ0) is 24.8. The van der Waals surface area contributed by atoms with Gasteiger partial charge in [0.1, 0.15) is 11.5 Å². The summed E-state index contributed by atoms with van der Waals surface area (Å²) in [6.45, 7) is 13.4. The summed E-state index contributed by atoms with van der Waals surface area (Å²) in [6.07, 6.45) is 12.0. The van der Waals surface area contributed by atoms with Gasteiger partial charge >= 0.3 is 5.97 Å². The number of hydrogen-bond acceptors (Lipinski definition) is 5. The third-order valence-corrected chi connectivity index (χ3v) is 6.06. The SMILES string of the molecule is CCCCCc1cc(OC)c(C/C=C(\C)CCC=C(C)C)c(OC(=O)CCN2[CH-]COCC2)c1. The molecule has 2 rings (SSSR count). The van der Waals surface area contributed by atoms with E-state index in [9.17, 15) is 4.79 Å². The van der Waals surface area contributed by atoms with Crippen molar-refractivity contribution in [2.45, 2.75) is 79.1 Å². The third kappa shape index (κ3) is 10.4. The van der Waals surface area contributed by atoms with Crippen LogP contribution < -0.4 is 9.47 Å². The number of methoxy groups -OCH3 is 1. The minimum absolute atomic E-state index is 0.210. The quantitative estimate of drug-likeness (QED) is 0.103. The Morgan fingerprint density at radius 3 is 2.62 bits per heavy atom. The third-order valence-electron chi connectivity index (χ3n) is 6.06. The smallest absolute Gasteiger partial charge is 0.312 e. The number of carbonyl (C=O) groups is 1. The molecule has 0 saturated carbocycles. The molecule has 0 spiro atoms. The van der Waals surface area contributed by atoms with Gasteiger partial charge in [-0.15, -0.1) is 0 Å². The van der Waals surface area contributed by atoms with E-state index in [1.165, 1.54) is 24.0 Å². The number of benzene rings is 1. The molecule has 1 aromatic rings. The van der Waals surface area contributed by atoms with Crippen LogP contribution in [-0.4, -0.2) is 44.3 Å². The summed E-state index contributed by atoms with van der Waals surface area (Å²) in [5.41, 5.74) is 4.76. The Morgan fingerprint density at radius 1 is 1.15 bits per heavy atom. The van der Waals surface area contributed by atoms with Crippen LogP contribution in [0.2, 0.25) is 0 Å². The fourth-order valence-electron chi connectivity index (χ4n) is 3.96. The van der Waals surface area contributed by atoms with E-state index in [1.807, 2.05) is 12.6 Å². The molecule has 0 N–H and O–H groups in total. The molecule has 34 heavy (non-hydrogen) atoms. The molecule has 0 bridgehead atoms. The molecule has 1 aliphatic heterocycles. The molecular weight excluding hydrogens is 426 g/mol. The molecule has 1 aromatic carbocycles. The van der Waals surface area contributed by atoms with Gasteiger partial charge in [0, 0.05) is 5.56 Å². The van der Waals surface area contributed by atoms with Gasteiger partial charge in [0.15, 0.2) is 0 Å². The summed E-state index contributed by atoms with van der Waals surface area (Å²) >= 11 is 0. The average molecular weight is 471 g/mol. The number of nitrogens with zero attached hydrogens (tertiary/aromatic N) is 1. The van der Waals surface area contributed by atoms with Gasteiger partial charge in [0.2, 0.25) is 0 Å². The molecule has 0 aromatic heterocycles. The lowest BCUT2D eigenvalue weighted by molar-refractivity contribution is -0.134. The fourth-order valence-corrected chi connectivity index (χ4v) is 3.96. The van der Waals surface area contributed by atoms with E-state index in [1.54, 1.807) is 7.11 Å². The fraction of sp³-hybridized carbons (Fsp3) is 0.586. The molecule has 5 heteroatoms. The van der Waals surface area contributed by atoms with Gasteiger partial charge in [-0.05, 0) is 83.7 Å². The molecule has 0 atom stereocenters. The van der Waals surface area contributed by atoms with Crippen LogP contribution in [0.1, 0.15) is 77.3 Å². The van der Waals surface area contributed by atoms with Crippen LogP contribution in [0, 0.1) is 6.54 Å². The van der Waals surface area contributed by atoms with Crippen LogP contribution in [0.3, 0.4) is 0 Å². The van der Waals surface area contributed by atoms with Crippen molar-refractivity contribution < 1.29 is 19.0 Å². The van der Waals surface area contributed by atoms with Gasteiger partial charge in [0.25, 0.3) is 0 Å². The Hall–Kier alpha value is -2.11. The zero-order valence-corrected chi connectivity index (χ0v) is 22.0. The molecule has 5 nitrogen and oxygen atoms in total. The summed E-state index contributed by atoms with van der Waals surface area (Å²) in [6, 6.07) is 4.15. The Morgan fingerprint density at radius 2 is 1.94 bits per heavy atom. The van der Waals surface area contributed by atoms with E-state index in [2.05, 4.69) is 50.8 Å². The standard InChI is InChI=1S/C29H44NO4/c1-6-7-8-12-25-21-27(32-5)26(14-13-24(4)11-9-10-23(2)3)28(22-25)34-29(31)15-16-30-17-19-33-20-18-30/h10,13,17,21-22H,6-9,11-12,14-16,18-20H2,1-5H3/q-1/b24-13+. The molecular formula is C29H44NO4-. The Balaban J connectivity index is 2.16. The largest absolute Gasteiger partial charge is 0.496 e. The van der Waals surface area contributed by atoms with Crippen LogP contribution >= 0.6 is 0 Å². The van der Waals surface area contributed by atoms with Crippen LogP contribution in [0.5, 0.6) is 11.5 Å². The number of hydrogen-bond donors (Lipinski definition) is 0. The molecule has 0 radical (unpaired) electrons. The maximum atomic E-state index is 12.8. The molecule has 0 amide bonds. The highest BCUT2D eigenvalue weighted by Gasteiger charge is 2.16. The van der Waals surface area contributed by atoms with Crippen LogP contribution in [0.4, 0.5) is 0 Å². The normalized spacial score (nSPS) is 14.7.